The van der Waals surface area contributed by atoms with E-state index in [0.29, 0.717) is 34.4 Å². The number of amides is 3. The maximum atomic E-state index is 12.8. The maximum absolute atomic E-state index is 12.8. The molecule has 3 aromatic rings. The summed E-state index contributed by atoms with van der Waals surface area (Å²) in [6.07, 6.45) is 1.59. The minimum Gasteiger partial charge on any atom is -0.493 e. The largest absolute Gasteiger partial charge is 0.493 e. The van der Waals surface area contributed by atoms with Gasteiger partial charge in [0.25, 0.3) is 11.1 Å². The van der Waals surface area contributed by atoms with Gasteiger partial charge in [-0.25, -0.2) is 0 Å². The highest BCUT2D eigenvalue weighted by atomic mass is 127. The second kappa shape index (κ2) is 11.8. The van der Waals surface area contributed by atoms with Gasteiger partial charge in [0.2, 0.25) is 5.91 Å². The van der Waals surface area contributed by atoms with E-state index in [1.54, 1.807) is 48.5 Å². The Morgan fingerprint density at radius 1 is 1.08 bits per heavy atom. The standard InChI is InChI=1S/C26H20ClIN2O5S/c1-34-22-12-17(8-11-21(22)35-15-16-6-9-18(28)10-7-16)13-23-25(32)30(26(33)36-23)14-24(31)29-20-5-3-2-4-19(20)27/h2-13H,14-15H2,1H3,(H,29,31)/b23-13+. The average molecular weight is 635 g/mol. The number of hydrogen-bond donors (Lipinski definition) is 1. The third-order valence-corrected chi connectivity index (χ3v) is 7.07. The Morgan fingerprint density at radius 3 is 2.56 bits per heavy atom. The lowest BCUT2D eigenvalue weighted by atomic mass is 10.1. The number of ether oxygens (including phenoxy) is 2. The molecule has 10 heteroatoms. The van der Waals surface area contributed by atoms with E-state index in [9.17, 15) is 14.4 Å². The van der Waals surface area contributed by atoms with Crippen LogP contribution in [-0.4, -0.2) is 35.6 Å². The smallest absolute Gasteiger partial charge is 0.294 e. The number of anilines is 1. The average Bonchev–Trinajstić information content (AvgIpc) is 3.12. The summed E-state index contributed by atoms with van der Waals surface area (Å²) in [5, 5.41) is 2.45. The molecule has 4 rings (SSSR count). The number of thioether (sulfide) groups is 1. The number of para-hydroxylation sites is 1. The van der Waals surface area contributed by atoms with E-state index >= 15 is 0 Å². The fraction of sp³-hybridized carbons (Fsp3) is 0.115. The van der Waals surface area contributed by atoms with Gasteiger partial charge >= 0.3 is 0 Å². The van der Waals surface area contributed by atoms with Gasteiger partial charge in [-0.1, -0.05) is 41.9 Å². The van der Waals surface area contributed by atoms with Gasteiger partial charge in [0.1, 0.15) is 13.2 Å². The molecule has 1 fully saturated rings. The molecule has 3 amide bonds. The van der Waals surface area contributed by atoms with Crippen molar-refractivity contribution in [3.63, 3.8) is 0 Å². The summed E-state index contributed by atoms with van der Waals surface area (Å²) in [4.78, 5) is 38.8. The number of nitrogens with zero attached hydrogens (tertiary/aromatic N) is 1. The summed E-state index contributed by atoms with van der Waals surface area (Å²) in [6.45, 7) is -0.0381. The highest BCUT2D eigenvalue weighted by molar-refractivity contribution is 14.1. The van der Waals surface area contributed by atoms with E-state index in [-0.39, 0.29) is 4.91 Å². The maximum Gasteiger partial charge on any atom is 0.294 e. The topological polar surface area (TPSA) is 84.9 Å². The Labute approximate surface area is 230 Å². The molecule has 0 aromatic heterocycles. The Morgan fingerprint density at radius 2 is 1.83 bits per heavy atom. The zero-order chi connectivity index (χ0) is 25.7. The van der Waals surface area contributed by atoms with Crippen LogP contribution in [0.15, 0.2) is 71.6 Å². The van der Waals surface area contributed by atoms with E-state index in [1.165, 1.54) is 7.11 Å². The Balaban J connectivity index is 1.43. The molecule has 0 spiro atoms. The molecule has 0 saturated carbocycles. The summed E-state index contributed by atoms with van der Waals surface area (Å²) in [7, 11) is 1.53. The van der Waals surface area contributed by atoms with E-state index in [4.69, 9.17) is 21.1 Å². The van der Waals surface area contributed by atoms with Gasteiger partial charge in [-0.3, -0.25) is 19.3 Å². The number of carbonyl (C=O) groups excluding carboxylic acids is 3. The minimum absolute atomic E-state index is 0.208. The molecule has 1 heterocycles. The lowest BCUT2D eigenvalue weighted by Gasteiger charge is -2.13. The molecule has 0 bridgehead atoms. The van der Waals surface area contributed by atoms with Crippen molar-refractivity contribution in [1.29, 1.82) is 0 Å². The predicted molar refractivity (Wildman–Crippen MR) is 149 cm³/mol. The molecule has 1 aliphatic rings. The first-order valence-electron chi connectivity index (χ1n) is 10.7. The number of methoxy groups -OCH3 is 1. The van der Waals surface area contributed by atoms with Crippen molar-refractivity contribution >= 4 is 74.8 Å². The summed E-state index contributed by atoms with van der Waals surface area (Å²) in [5.74, 6) is -0.0228. The predicted octanol–water partition coefficient (Wildman–Crippen LogP) is 6.21. The van der Waals surface area contributed by atoms with Crippen molar-refractivity contribution < 1.29 is 23.9 Å². The zero-order valence-corrected chi connectivity index (χ0v) is 22.7. The van der Waals surface area contributed by atoms with Gasteiger partial charge < -0.3 is 14.8 Å². The number of hydrogen-bond acceptors (Lipinski definition) is 6. The number of imide groups is 1. The van der Waals surface area contributed by atoms with Gasteiger partial charge in [0, 0.05) is 3.57 Å². The van der Waals surface area contributed by atoms with Crippen LogP contribution >= 0.6 is 46.0 Å². The van der Waals surface area contributed by atoms with Crippen molar-refractivity contribution in [3.05, 3.63) is 91.4 Å². The lowest BCUT2D eigenvalue weighted by molar-refractivity contribution is -0.127. The van der Waals surface area contributed by atoms with Crippen molar-refractivity contribution in [2.24, 2.45) is 0 Å². The second-order valence-corrected chi connectivity index (χ2v) is 10.3. The molecule has 7 nitrogen and oxygen atoms in total. The molecule has 1 aliphatic heterocycles. The molecule has 3 aromatic carbocycles. The van der Waals surface area contributed by atoms with Crippen LogP contribution in [0.25, 0.3) is 6.08 Å². The van der Waals surface area contributed by atoms with Gasteiger partial charge in [0.05, 0.1) is 22.7 Å². The van der Waals surface area contributed by atoms with Gasteiger partial charge in [-0.15, -0.1) is 0 Å². The van der Waals surface area contributed by atoms with Crippen LogP contribution in [0, 0.1) is 3.57 Å². The molecule has 1 saturated heterocycles. The Bertz CT molecular complexity index is 1350. The molecule has 0 atom stereocenters. The molecule has 0 aliphatic carbocycles. The Kier molecular flexibility index (Phi) is 8.55. The fourth-order valence-electron chi connectivity index (χ4n) is 3.32. The molecule has 184 valence electrons. The summed E-state index contributed by atoms with van der Waals surface area (Å²) < 4.78 is 12.5. The monoisotopic (exact) mass is 634 g/mol. The molecule has 0 radical (unpaired) electrons. The highest BCUT2D eigenvalue weighted by Gasteiger charge is 2.36. The van der Waals surface area contributed by atoms with E-state index in [2.05, 4.69) is 27.9 Å². The van der Waals surface area contributed by atoms with Crippen molar-refractivity contribution in [1.82, 2.24) is 4.90 Å². The van der Waals surface area contributed by atoms with Crippen molar-refractivity contribution in [2.45, 2.75) is 6.61 Å². The van der Waals surface area contributed by atoms with Gasteiger partial charge in [-0.2, -0.15) is 0 Å². The molecule has 0 unspecified atom stereocenters. The molecule has 36 heavy (non-hydrogen) atoms. The van der Waals surface area contributed by atoms with Gasteiger partial charge in [0.15, 0.2) is 11.5 Å². The number of carbonyl (C=O) groups is 3. The third kappa shape index (κ3) is 6.40. The van der Waals surface area contributed by atoms with E-state index in [0.717, 1.165) is 25.8 Å². The van der Waals surface area contributed by atoms with Crippen LogP contribution in [0.2, 0.25) is 5.02 Å². The van der Waals surface area contributed by atoms with E-state index in [1.807, 2.05) is 24.3 Å². The first-order chi connectivity index (χ1) is 17.3. The minimum atomic E-state index is -0.544. The van der Waals surface area contributed by atoms with Crippen LogP contribution in [0.5, 0.6) is 11.5 Å². The lowest BCUT2D eigenvalue weighted by Crippen LogP contribution is -2.36. The summed E-state index contributed by atoms with van der Waals surface area (Å²) in [6, 6.07) is 20.0. The number of benzene rings is 3. The zero-order valence-electron chi connectivity index (χ0n) is 19.0. The van der Waals surface area contributed by atoms with Crippen LogP contribution in [-0.2, 0) is 16.2 Å². The highest BCUT2D eigenvalue weighted by Crippen LogP contribution is 2.35. The summed E-state index contributed by atoms with van der Waals surface area (Å²) in [5.41, 5.74) is 2.08. The quantitative estimate of drug-likeness (QED) is 0.235. The van der Waals surface area contributed by atoms with Gasteiger partial charge in [-0.05, 0) is 88.0 Å². The number of nitrogens with one attached hydrogen (secondary N) is 1. The number of halogens is 2. The van der Waals surface area contributed by atoms with Crippen LogP contribution < -0.4 is 14.8 Å². The van der Waals surface area contributed by atoms with Crippen LogP contribution in [0.1, 0.15) is 11.1 Å². The third-order valence-electron chi connectivity index (χ3n) is 5.12. The molecule has 1 N–H and O–H groups in total. The number of rotatable bonds is 8. The first-order valence-corrected chi connectivity index (χ1v) is 13.0. The van der Waals surface area contributed by atoms with Crippen molar-refractivity contribution in [3.8, 4) is 11.5 Å². The Hall–Kier alpha value is -3.02. The fourth-order valence-corrected chi connectivity index (χ4v) is 4.70. The van der Waals surface area contributed by atoms with Crippen molar-refractivity contribution in [2.75, 3.05) is 19.0 Å². The first kappa shape index (κ1) is 26.1. The second-order valence-electron chi connectivity index (χ2n) is 7.62. The van der Waals surface area contributed by atoms with Crippen LogP contribution in [0.4, 0.5) is 10.5 Å². The normalized spacial score (nSPS) is 14.3. The van der Waals surface area contributed by atoms with E-state index < -0.39 is 23.6 Å². The SMILES string of the molecule is COc1cc(/C=C2/SC(=O)N(CC(=O)Nc3ccccc3Cl)C2=O)ccc1OCc1ccc(I)cc1. The summed E-state index contributed by atoms with van der Waals surface area (Å²) >= 11 is 9.07. The van der Waals surface area contributed by atoms with Crippen LogP contribution in [0.3, 0.4) is 0 Å². The molecular formula is C26H20ClIN2O5S. The molecular weight excluding hydrogens is 615 g/mol.